The Labute approximate surface area is 159 Å². The predicted octanol–water partition coefficient (Wildman–Crippen LogP) is 5.37. The first-order chi connectivity index (χ1) is 13.2. The van der Waals surface area contributed by atoms with Gasteiger partial charge in [0.1, 0.15) is 5.69 Å². The third-order valence-corrected chi connectivity index (χ3v) is 5.50. The molecule has 0 unspecified atom stereocenters. The molecule has 1 fully saturated rings. The maximum atomic E-state index is 12.4. The van der Waals surface area contributed by atoms with Crippen molar-refractivity contribution in [1.82, 2.24) is 10.4 Å². The molecule has 1 aliphatic carbocycles. The molecule has 1 heterocycles. The number of rotatable bonds is 4. The Morgan fingerprint density at radius 3 is 2.52 bits per heavy atom. The van der Waals surface area contributed by atoms with E-state index in [1.54, 1.807) is 0 Å². The van der Waals surface area contributed by atoms with Gasteiger partial charge in [0.05, 0.1) is 5.71 Å². The van der Waals surface area contributed by atoms with Crippen LogP contribution in [-0.4, -0.2) is 16.6 Å². The normalized spacial score (nSPS) is 15.8. The minimum atomic E-state index is -0.232. The zero-order valence-corrected chi connectivity index (χ0v) is 15.7. The first-order valence-electron chi connectivity index (χ1n) is 9.73. The minimum Gasteiger partial charge on any atom is -0.350 e. The third-order valence-electron chi connectivity index (χ3n) is 5.50. The van der Waals surface area contributed by atoms with Crippen LogP contribution in [-0.2, 0) is 0 Å². The SMILES string of the molecule is C/C(=N\NC(=O)c1cc2ccccc2[nH]1)c1ccc(C2CCCCC2)cc1. The molecule has 1 amide bonds. The summed E-state index contributed by atoms with van der Waals surface area (Å²) in [6, 6.07) is 18.3. The van der Waals surface area contributed by atoms with Gasteiger partial charge in [-0.15, -0.1) is 0 Å². The van der Waals surface area contributed by atoms with Crippen molar-refractivity contribution in [3.8, 4) is 0 Å². The zero-order valence-electron chi connectivity index (χ0n) is 15.7. The lowest BCUT2D eigenvalue weighted by atomic mass is 9.84. The standard InChI is InChI=1S/C23H25N3O/c1-16(17-11-13-19(14-12-17)18-7-3-2-4-8-18)25-26-23(27)22-15-20-9-5-6-10-21(20)24-22/h5-6,9-15,18,24H,2-4,7-8H2,1H3,(H,26,27)/b25-16+. The monoisotopic (exact) mass is 359 g/mol. The Kier molecular flexibility index (Phi) is 5.05. The number of nitrogens with zero attached hydrogens (tertiary/aromatic N) is 1. The van der Waals surface area contributed by atoms with Gasteiger partial charge in [0.25, 0.3) is 5.91 Å². The summed E-state index contributed by atoms with van der Waals surface area (Å²) in [5, 5.41) is 5.30. The van der Waals surface area contributed by atoms with E-state index in [4.69, 9.17) is 0 Å². The number of hydrogen-bond acceptors (Lipinski definition) is 2. The number of hydrogen-bond donors (Lipinski definition) is 2. The highest BCUT2D eigenvalue weighted by Gasteiger charge is 2.15. The van der Waals surface area contributed by atoms with Crippen molar-refractivity contribution in [3.05, 3.63) is 71.4 Å². The number of carbonyl (C=O) groups excluding carboxylic acids is 1. The molecule has 0 aliphatic heterocycles. The van der Waals surface area contributed by atoms with Gasteiger partial charge in [-0.2, -0.15) is 5.10 Å². The predicted molar refractivity (Wildman–Crippen MR) is 110 cm³/mol. The number of amides is 1. The number of aromatic nitrogens is 1. The molecule has 4 rings (SSSR count). The number of nitrogens with one attached hydrogen (secondary N) is 2. The van der Waals surface area contributed by atoms with E-state index in [1.807, 2.05) is 37.3 Å². The molecule has 1 aromatic heterocycles. The highest BCUT2D eigenvalue weighted by atomic mass is 16.2. The number of benzene rings is 2. The van der Waals surface area contributed by atoms with Gasteiger partial charge in [0, 0.05) is 10.9 Å². The largest absolute Gasteiger partial charge is 0.350 e. The van der Waals surface area contributed by atoms with Crippen molar-refractivity contribution in [2.24, 2.45) is 5.10 Å². The number of H-pyrrole nitrogens is 1. The molecule has 0 saturated heterocycles. The fraction of sp³-hybridized carbons (Fsp3) is 0.304. The lowest BCUT2D eigenvalue weighted by Gasteiger charge is -2.22. The van der Waals surface area contributed by atoms with Gasteiger partial charge in [0.2, 0.25) is 0 Å². The second-order valence-electron chi connectivity index (χ2n) is 7.37. The molecule has 3 aromatic rings. The van der Waals surface area contributed by atoms with Crippen LogP contribution in [0.3, 0.4) is 0 Å². The molecule has 0 radical (unpaired) electrons. The Morgan fingerprint density at radius 1 is 1.04 bits per heavy atom. The van der Waals surface area contributed by atoms with Crippen LogP contribution >= 0.6 is 0 Å². The van der Waals surface area contributed by atoms with E-state index in [-0.39, 0.29) is 5.91 Å². The van der Waals surface area contributed by atoms with Crippen molar-refractivity contribution >= 4 is 22.5 Å². The molecule has 0 atom stereocenters. The summed E-state index contributed by atoms with van der Waals surface area (Å²) in [6.45, 7) is 1.92. The van der Waals surface area contributed by atoms with Crippen LogP contribution in [0.4, 0.5) is 0 Å². The second kappa shape index (κ2) is 7.78. The lowest BCUT2D eigenvalue weighted by Crippen LogP contribution is -2.19. The average molecular weight is 359 g/mol. The van der Waals surface area contributed by atoms with E-state index < -0.39 is 0 Å². The second-order valence-corrected chi connectivity index (χ2v) is 7.37. The smallest absolute Gasteiger partial charge is 0.287 e. The van der Waals surface area contributed by atoms with Crippen LogP contribution in [0.1, 0.15) is 66.6 Å². The van der Waals surface area contributed by atoms with E-state index in [9.17, 15) is 4.79 Å². The first kappa shape index (κ1) is 17.5. The summed E-state index contributed by atoms with van der Waals surface area (Å²) < 4.78 is 0. The molecule has 4 nitrogen and oxygen atoms in total. The van der Waals surface area contributed by atoms with E-state index in [2.05, 4.69) is 39.8 Å². The number of carbonyl (C=O) groups is 1. The Hall–Kier alpha value is -2.88. The van der Waals surface area contributed by atoms with Crippen LogP contribution in [0.15, 0.2) is 59.7 Å². The summed E-state index contributed by atoms with van der Waals surface area (Å²) in [5.41, 5.74) is 7.37. The summed E-state index contributed by atoms with van der Waals surface area (Å²) in [4.78, 5) is 15.5. The average Bonchev–Trinajstić information content (AvgIpc) is 3.17. The van der Waals surface area contributed by atoms with Gasteiger partial charge in [-0.3, -0.25) is 4.79 Å². The topological polar surface area (TPSA) is 57.2 Å². The van der Waals surface area contributed by atoms with Crippen molar-refractivity contribution in [2.45, 2.75) is 44.9 Å². The molecule has 0 spiro atoms. The Balaban J connectivity index is 1.43. The number of para-hydroxylation sites is 1. The molecule has 2 N–H and O–H groups in total. The van der Waals surface area contributed by atoms with Crippen molar-refractivity contribution in [2.75, 3.05) is 0 Å². The molecular weight excluding hydrogens is 334 g/mol. The molecular formula is C23H25N3O. The summed E-state index contributed by atoms with van der Waals surface area (Å²) in [7, 11) is 0. The molecule has 1 aliphatic rings. The van der Waals surface area contributed by atoms with Crippen LogP contribution in [0, 0.1) is 0 Å². The van der Waals surface area contributed by atoms with Crippen LogP contribution in [0.5, 0.6) is 0 Å². The van der Waals surface area contributed by atoms with Gasteiger partial charge < -0.3 is 4.98 Å². The van der Waals surface area contributed by atoms with Crippen LogP contribution < -0.4 is 5.43 Å². The van der Waals surface area contributed by atoms with E-state index in [0.717, 1.165) is 22.2 Å². The fourth-order valence-corrected chi connectivity index (χ4v) is 3.89. The number of fused-ring (bicyclic) bond motifs is 1. The van der Waals surface area contributed by atoms with Gasteiger partial charge in [-0.1, -0.05) is 61.7 Å². The maximum Gasteiger partial charge on any atom is 0.287 e. The first-order valence-corrected chi connectivity index (χ1v) is 9.73. The minimum absolute atomic E-state index is 0.232. The fourth-order valence-electron chi connectivity index (χ4n) is 3.89. The highest BCUT2D eigenvalue weighted by Crippen LogP contribution is 2.32. The highest BCUT2D eigenvalue weighted by molar-refractivity contribution is 6.01. The summed E-state index contributed by atoms with van der Waals surface area (Å²) >= 11 is 0. The van der Waals surface area contributed by atoms with Crippen molar-refractivity contribution in [1.29, 1.82) is 0 Å². The molecule has 27 heavy (non-hydrogen) atoms. The van der Waals surface area contributed by atoms with E-state index in [0.29, 0.717) is 11.6 Å². The molecule has 138 valence electrons. The van der Waals surface area contributed by atoms with E-state index in [1.165, 1.54) is 37.7 Å². The van der Waals surface area contributed by atoms with E-state index >= 15 is 0 Å². The molecule has 1 saturated carbocycles. The van der Waals surface area contributed by atoms with Crippen molar-refractivity contribution in [3.63, 3.8) is 0 Å². The van der Waals surface area contributed by atoms with Gasteiger partial charge in [-0.25, -0.2) is 5.43 Å². The summed E-state index contributed by atoms with van der Waals surface area (Å²) in [5.74, 6) is 0.469. The number of aromatic amines is 1. The lowest BCUT2D eigenvalue weighted by molar-refractivity contribution is 0.0950. The van der Waals surface area contributed by atoms with Gasteiger partial charge in [0.15, 0.2) is 0 Å². The Morgan fingerprint density at radius 2 is 1.78 bits per heavy atom. The molecule has 2 aromatic carbocycles. The van der Waals surface area contributed by atoms with Crippen LogP contribution in [0.2, 0.25) is 0 Å². The summed E-state index contributed by atoms with van der Waals surface area (Å²) in [6.07, 6.45) is 6.65. The van der Waals surface area contributed by atoms with Crippen LogP contribution in [0.25, 0.3) is 10.9 Å². The van der Waals surface area contributed by atoms with Gasteiger partial charge >= 0.3 is 0 Å². The zero-order chi connectivity index (χ0) is 18.6. The maximum absolute atomic E-state index is 12.4. The molecule has 4 heteroatoms. The number of hydrazone groups is 1. The Bertz CT molecular complexity index is 930. The van der Waals surface area contributed by atoms with Crippen molar-refractivity contribution < 1.29 is 4.79 Å². The third kappa shape index (κ3) is 3.95. The van der Waals surface area contributed by atoms with Gasteiger partial charge in [-0.05, 0) is 48.9 Å². The molecule has 0 bridgehead atoms. The quantitative estimate of drug-likeness (QED) is 0.477.